The number of fused-ring (bicyclic) bond motifs is 1. The lowest BCUT2D eigenvalue weighted by Gasteiger charge is -2.11. The van der Waals surface area contributed by atoms with E-state index in [2.05, 4.69) is 15.3 Å². The van der Waals surface area contributed by atoms with Crippen LogP contribution in [-0.4, -0.2) is 24.3 Å². The Kier molecular flexibility index (Phi) is 4.94. The molecule has 0 radical (unpaired) electrons. The zero-order valence-electron chi connectivity index (χ0n) is 14.3. The van der Waals surface area contributed by atoms with E-state index in [0.29, 0.717) is 11.1 Å². The number of benzene rings is 2. The highest BCUT2D eigenvalue weighted by atomic mass is 32.2. The van der Waals surface area contributed by atoms with Crippen molar-refractivity contribution >= 4 is 38.3 Å². The number of rotatable bonds is 4. The van der Waals surface area contributed by atoms with E-state index in [0.717, 1.165) is 25.4 Å². The maximum absolute atomic E-state index is 12.8. The second kappa shape index (κ2) is 7.08. The lowest BCUT2D eigenvalue weighted by atomic mass is 10.1. The molecular weight excluding hydrogens is 397 g/mol. The molecule has 3 rings (SSSR count). The van der Waals surface area contributed by atoms with E-state index < -0.39 is 27.7 Å². The fourth-order valence-electron chi connectivity index (χ4n) is 2.44. The van der Waals surface area contributed by atoms with Crippen LogP contribution in [0.5, 0.6) is 0 Å². The number of amides is 1. The summed E-state index contributed by atoms with van der Waals surface area (Å²) in [6, 6.07) is 8.54. The normalized spacial score (nSPS) is 12.0. The molecule has 1 amide bonds. The van der Waals surface area contributed by atoms with Gasteiger partial charge in [-0.25, -0.2) is 23.1 Å². The molecule has 0 aliphatic heterocycles. The number of anilines is 2. The van der Waals surface area contributed by atoms with Crippen molar-refractivity contribution < 1.29 is 26.4 Å². The summed E-state index contributed by atoms with van der Waals surface area (Å²) in [5, 5.41) is 3.28. The van der Waals surface area contributed by atoms with Gasteiger partial charge in [-0.1, -0.05) is 0 Å². The standard InChI is InChI=1S/C17H13F3N4O3S/c1-10(25)24-28(26,27)13-5-3-12(4-6-13)23-16-14-7-2-11(17(18,19)20)8-15(14)21-9-22-16/h2-9H,1H3,(H,24,25)(H,21,22,23). The van der Waals surface area contributed by atoms with Gasteiger partial charge in [0.2, 0.25) is 5.91 Å². The summed E-state index contributed by atoms with van der Waals surface area (Å²) in [4.78, 5) is 18.7. The van der Waals surface area contributed by atoms with Crippen LogP contribution in [0.3, 0.4) is 0 Å². The fourth-order valence-corrected chi connectivity index (χ4v) is 3.43. The third-order valence-corrected chi connectivity index (χ3v) is 5.12. The van der Waals surface area contributed by atoms with Gasteiger partial charge >= 0.3 is 6.18 Å². The van der Waals surface area contributed by atoms with Gasteiger partial charge in [0.25, 0.3) is 10.0 Å². The van der Waals surface area contributed by atoms with Gasteiger partial charge in [0.1, 0.15) is 12.1 Å². The molecule has 0 bridgehead atoms. The second-order valence-corrected chi connectivity index (χ2v) is 7.45. The number of carbonyl (C=O) groups excluding carboxylic acids is 1. The molecule has 0 spiro atoms. The van der Waals surface area contributed by atoms with Gasteiger partial charge in [0.05, 0.1) is 16.0 Å². The largest absolute Gasteiger partial charge is 0.416 e. The highest BCUT2D eigenvalue weighted by molar-refractivity contribution is 7.90. The van der Waals surface area contributed by atoms with Crippen molar-refractivity contribution in [3.63, 3.8) is 0 Å². The SMILES string of the molecule is CC(=O)NS(=O)(=O)c1ccc(Nc2ncnc3cc(C(F)(F)F)ccc23)cc1. The van der Waals surface area contributed by atoms with E-state index in [9.17, 15) is 26.4 Å². The van der Waals surface area contributed by atoms with E-state index in [-0.39, 0.29) is 16.2 Å². The van der Waals surface area contributed by atoms with Crippen molar-refractivity contribution in [2.75, 3.05) is 5.32 Å². The Labute approximate surface area is 157 Å². The van der Waals surface area contributed by atoms with Crippen molar-refractivity contribution in [2.45, 2.75) is 18.0 Å². The van der Waals surface area contributed by atoms with Gasteiger partial charge in [0, 0.05) is 18.0 Å². The minimum absolute atomic E-state index is 0.109. The molecular formula is C17H13F3N4O3S. The molecule has 0 aliphatic rings. The maximum atomic E-state index is 12.8. The summed E-state index contributed by atoms with van der Waals surface area (Å²) in [5.41, 5.74) is -0.268. The van der Waals surface area contributed by atoms with Crippen molar-refractivity contribution in [1.82, 2.24) is 14.7 Å². The average molecular weight is 410 g/mol. The smallest absolute Gasteiger partial charge is 0.340 e. The number of carbonyl (C=O) groups is 1. The van der Waals surface area contributed by atoms with Gasteiger partial charge in [0.15, 0.2) is 0 Å². The summed E-state index contributed by atoms with van der Waals surface area (Å²) in [6.45, 7) is 1.08. The number of hydrogen-bond donors (Lipinski definition) is 2. The highest BCUT2D eigenvalue weighted by Gasteiger charge is 2.30. The van der Waals surface area contributed by atoms with Crippen LogP contribution in [0.1, 0.15) is 12.5 Å². The average Bonchev–Trinajstić information content (AvgIpc) is 2.60. The molecule has 2 N–H and O–H groups in total. The molecule has 0 aliphatic carbocycles. The number of hydrogen-bond acceptors (Lipinski definition) is 6. The van der Waals surface area contributed by atoms with Gasteiger partial charge in [-0.3, -0.25) is 4.79 Å². The first-order valence-corrected chi connectivity index (χ1v) is 9.27. The lowest BCUT2D eigenvalue weighted by Crippen LogP contribution is -2.28. The highest BCUT2D eigenvalue weighted by Crippen LogP contribution is 2.32. The summed E-state index contributed by atoms with van der Waals surface area (Å²) in [6.07, 6.45) is -3.36. The third-order valence-electron chi connectivity index (χ3n) is 3.67. The minimum atomic E-state index is -4.48. The van der Waals surface area contributed by atoms with Crippen LogP contribution in [0.15, 0.2) is 53.7 Å². The quantitative estimate of drug-likeness (QED) is 0.685. The first-order chi connectivity index (χ1) is 13.1. The predicted molar refractivity (Wildman–Crippen MR) is 95.3 cm³/mol. The molecule has 1 heterocycles. The van der Waals surface area contributed by atoms with E-state index in [4.69, 9.17) is 0 Å². The zero-order chi connectivity index (χ0) is 20.5. The Morgan fingerprint density at radius 2 is 1.71 bits per heavy atom. The van der Waals surface area contributed by atoms with E-state index >= 15 is 0 Å². The molecule has 0 atom stereocenters. The summed E-state index contributed by atoms with van der Waals surface area (Å²) < 4.78 is 64.2. The van der Waals surface area contributed by atoms with E-state index in [1.54, 1.807) is 0 Å². The summed E-state index contributed by atoms with van der Waals surface area (Å²) in [7, 11) is -3.96. The van der Waals surface area contributed by atoms with Crippen LogP contribution in [-0.2, 0) is 21.0 Å². The Morgan fingerprint density at radius 3 is 2.32 bits per heavy atom. The van der Waals surface area contributed by atoms with E-state index in [1.807, 2.05) is 4.72 Å². The number of nitrogens with one attached hydrogen (secondary N) is 2. The molecule has 7 nitrogen and oxygen atoms in total. The molecule has 0 saturated carbocycles. The molecule has 0 saturated heterocycles. The molecule has 0 fully saturated rings. The van der Waals surface area contributed by atoms with Crippen LogP contribution >= 0.6 is 0 Å². The van der Waals surface area contributed by atoms with Crippen LogP contribution in [0, 0.1) is 0 Å². The van der Waals surface area contributed by atoms with Crippen LogP contribution in [0.2, 0.25) is 0 Å². The van der Waals surface area contributed by atoms with E-state index in [1.165, 1.54) is 30.3 Å². The van der Waals surface area contributed by atoms with Crippen molar-refractivity contribution in [2.24, 2.45) is 0 Å². The Morgan fingerprint density at radius 1 is 1.04 bits per heavy atom. The first kappa shape index (κ1) is 19.5. The van der Waals surface area contributed by atoms with Gasteiger partial charge < -0.3 is 5.32 Å². The summed E-state index contributed by atoms with van der Waals surface area (Å²) in [5.74, 6) is -0.455. The monoisotopic (exact) mass is 410 g/mol. The van der Waals surface area contributed by atoms with Crippen LogP contribution < -0.4 is 10.0 Å². The topological polar surface area (TPSA) is 101 Å². The molecule has 0 unspecified atom stereocenters. The second-order valence-electron chi connectivity index (χ2n) is 5.76. The maximum Gasteiger partial charge on any atom is 0.416 e. The number of nitrogens with zero attached hydrogens (tertiary/aromatic N) is 2. The third kappa shape index (κ3) is 4.19. The van der Waals surface area contributed by atoms with Crippen molar-refractivity contribution in [1.29, 1.82) is 0 Å². The zero-order valence-corrected chi connectivity index (χ0v) is 15.1. The molecule has 11 heteroatoms. The summed E-state index contributed by atoms with van der Waals surface area (Å²) >= 11 is 0. The Hall–Kier alpha value is -3.21. The van der Waals surface area contributed by atoms with Gasteiger partial charge in [-0.2, -0.15) is 13.2 Å². The van der Waals surface area contributed by atoms with Gasteiger partial charge in [-0.15, -0.1) is 0 Å². The number of halogens is 3. The lowest BCUT2D eigenvalue weighted by molar-refractivity contribution is -0.137. The van der Waals surface area contributed by atoms with Gasteiger partial charge in [-0.05, 0) is 42.5 Å². The Bertz CT molecular complexity index is 1150. The number of sulfonamides is 1. The van der Waals surface area contributed by atoms with Crippen molar-refractivity contribution in [3.05, 3.63) is 54.4 Å². The first-order valence-electron chi connectivity index (χ1n) is 7.79. The minimum Gasteiger partial charge on any atom is -0.340 e. The van der Waals surface area contributed by atoms with Crippen LogP contribution in [0.25, 0.3) is 10.9 Å². The predicted octanol–water partition coefficient (Wildman–Crippen LogP) is 3.22. The van der Waals surface area contributed by atoms with Crippen molar-refractivity contribution in [3.8, 4) is 0 Å². The molecule has 2 aromatic carbocycles. The molecule has 3 aromatic rings. The molecule has 28 heavy (non-hydrogen) atoms. The Balaban J connectivity index is 1.90. The molecule has 146 valence electrons. The molecule has 1 aromatic heterocycles. The number of alkyl halides is 3. The van der Waals surface area contributed by atoms with Crippen LogP contribution in [0.4, 0.5) is 24.7 Å². The number of aromatic nitrogens is 2. The fraction of sp³-hybridized carbons (Fsp3) is 0.118.